The molecule has 0 aromatic carbocycles. The van der Waals surface area contributed by atoms with E-state index in [0.29, 0.717) is 11.9 Å². The number of aliphatic hydroxyl groups excluding tert-OH is 1. The van der Waals surface area contributed by atoms with Gasteiger partial charge in [-0.1, -0.05) is 6.08 Å². The van der Waals surface area contributed by atoms with Gasteiger partial charge in [0.05, 0.1) is 17.3 Å². The lowest BCUT2D eigenvalue weighted by Crippen LogP contribution is -2.41. The zero-order valence-electron chi connectivity index (χ0n) is 12.2. The Balaban J connectivity index is 2.69. The highest BCUT2D eigenvalue weighted by Gasteiger charge is 2.50. The first-order valence-electron chi connectivity index (χ1n) is 6.44. The Hall–Kier alpha value is -0.385. The van der Waals surface area contributed by atoms with E-state index in [1.54, 1.807) is 13.0 Å². The van der Waals surface area contributed by atoms with Crippen molar-refractivity contribution in [2.45, 2.75) is 71.3 Å². The molecule has 104 valence electrons. The van der Waals surface area contributed by atoms with E-state index in [4.69, 9.17) is 9.31 Å². The summed E-state index contributed by atoms with van der Waals surface area (Å²) in [5.74, 6) is 0. The summed E-state index contributed by atoms with van der Waals surface area (Å²) in [4.78, 5) is 0. The molecule has 1 aliphatic rings. The highest BCUT2D eigenvalue weighted by atomic mass is 19.1. The van der Waals surface area contributed by atoms with Crippen LogP contribution in [-0.4, -0.2) is 35.7 Å². The van der Waals surface area contributed by atoms with E-state index in [9.17, 15) is 9.50 Å². The third kappa shape index (κ3) is 3.34. The maximum atomic E-state index is 13.3. The molecule has 0 aliphatic carbocycles. The van der Waals surface area contributed by atoms with Crippen molar-refractivity contribution in [3.05, 3.63) is 11.6 Å². The third-order valence-corrected chi connectivity index (χ3v) is 3.79. The fourth-order valence-corrected chi connectivity index (χ4v) is 1.96. The molecule has 1 rings (SSSR count). The van der Waals surface area contributed by atoms with Crippen molar-refractivity contribution in [1.29, 1.82) is 0 Å². The van der Waals surface area contributed by atoms with E-state index in [1.165, 1.54) is 6.92 Å². The summed E-state index contributed by atoms with van der Waals surface area (Å²) >= 11 is 0. The minimum atomic E-state index is -1.16. The van der Waals surface area contributed by atoms with E-state index in [0.717, 1.165) is 0 Å². The molecular formula is C13H24BFO3. The Kier molecular flexibility index (Phi) is 4.63. The molecule has 0 spiro atoms. The van der Waals surface area contributed by atoms with Crippen LogP contribution in [0.1, 0.15) is 41.5 Å². The lowest BCUT2D eigenvalue weighted by Gasteiger charge is -2.32. The summed E-state index contributed by atoms with van der Waals surface area (Å²) in [5.41, 5.74) is -0.375. The highest BCUT2D eigenvalue weighted by Crippen LogP contribution is 2.37. The van der Waals surface area contributed by atoms with Gasteiger partial charge in [-0.05, 0) is 47.1 Å². The van der Waals surface area contributed by atoms with E-state index in [2.05, 4.69) is 0 Å². The van der Waals surface area contributed by atoms with Crippen LogP contribution in [0, 0.1) is 0 Å². The second-order valence-corrected chi connectivity index (χ2v) is 5.92. The smallest absolute Gasteiger partial charge is 0.403 e. The number of alkyl halides is 1. The van der Waals surface area contributed by atoms with Gasteiger partial charge in [0.15, 0.2) is 0 Å². The lowest BCUT2D eigenvalue weighted by atomic mass is 9.83. The van der Waals surface area contributed by atoms with Crippen molar-refractivity contribution < 1.29 is 18.8 Å². The van der Waals surface area contributed by atoms with Gasteiger partial charge in [0.2, 0.25) is 0 Å². The molecule has 18 heavy (non-hydrogen) atoms. The summed E-state index contributed by atoms with van der Waals surface area (Å²) < 4.78 is 24.9. The van der Waals surface area contributed by atoms with Crippen LogP contribution in [0.4, 0.5) is 4.39 Å². The van der Waals surface area contributed by atoms with Crippen LogP contribution in [0.3, 0.4) is 0 Å². The molecule has 1 unspecified atom stereocenters. The lowest BCUT2D eigenvalue weighted by molar-refractivity contribution is 0.00578. The SMILES string of the molecule is CC(O)/C(=C/CB1OC(C)(C)C(C)(C)O1)[C@@H](C)F. The van der Waals surface area contributed by atoms with Crippen molar-refractivity contribution in [2.24, 2.45) is 0 Å². The molecule has 1 saturated heterocycles. The van der Waals surface area contributed by atoms with Gasteiger partial charge in [-0.15, -0.1) is 0 Å². The molecule has 2 atom stereocenters. The van der Waals surface area contributed by atoms with Crippen LogP contribution >= 0.6 is 0 Å². The molecule has 0 amide bonds. The van der Waals surface area contributed by atoms with E-state index < -0.39 is 12.3 Å². The Labute approximate surface area is 110 Å². The van der Waals surface area contributed by atoms with E-state index in [1.807, 2.05) is 27.7 Å². The number of halogens is 1. The molecular weight excluding hydrogens is 234 g/mol. The van der Waals surface area contributed by atoms with Crippen molar-refractivity contribution in [1.82, 2.24) is 0 Å². The zero-order valence-corrected chi connectivity index (χ0v) is 12.2. The van der Waals surface area contributed by atoms with Crippen LogP contribution in [0.5, 0.6) is 0 Å². The van der Waals surface area contributed by atoms with Gasteiger partial charge in [0.1, 0.15) is 6.17 Å². The van der Waals surface area contributed by atoms with Gasteiger partial charge in [-0.2, -0.15) is 0 Å². The number of hydrogen-bond donors (Lipinski definition) is 1. The van der Waals surface area contributed by atoms with Crippen LogP contribution in [0.15, 0.2) is 11.6 Å². The normalized spacial score (nSPS) is 26.2. The van der Waals surface area contributed by atoms with Gasteiger partial charge in [0, 0.05) is 6.32 Å². The Morgan fingerprint density at radius 2 is 1.67 bits per heavy atom. The molecule has 1 N–H and O–H groups in total. The standard InChI is InChI=1S/C13H24BFO3/c1-9(15)11(10(2)16)7-8-14-17-12(3,4)13(5,6)18-14/h7,9-10,16H,8H2,1-6H3/b11-7+/t9-,10?/m1/s1. The third-order valence-electron chi connectivity index (χ3n) is 3.79. The van der Waals surface area contributed by atoms with Gasteiger partial charge in [-0.25, -0.2) is 4.39 Å². The average molecular weight is 258 g/mol. The van der Waals surface area contributed by atoms with E-state index in [-0.39, 0.29) is 18.3 Å². The van der Waals surface area contributed by atoms with Gasteiger partial charge in [-0.3, -0.25) is 0 Å². The van der Waals surface area contributed by atoms with Crippen molar-refractivity contribution in [3.63, 3.8) is 0 Å². The van der Waals surface area contributed by atoms with Gasteiger partial charge < -0.3 is 14.4 Å². The summed E-state index contributed by atoms with van der Waals surface area (Å²) in [5, 5.41) is 9.47. The first kappa shape index (κ1) is 15.7. The molecule has 5 heteroatoms. The van der Waals surface area contributed by atoms with Gasteiger partial charge >= 0.3 is 7.12 Å². The topological polar surface area (TPSA) is 38.7 Å². The molecule has 1 fully saturated rings. The predicted octanol–water partition coefficient (Wildman–Crippen LogP) is 2.74. The maximum absolute atomic E-state index is 13.3. The second-order valence-electron chi connectivity index (χ2n) is 5.92. The van der Waals surface area contributed by atoms with Crippen molar-refractivity contribution in [2.75, 3.05) is 0 Å². The molecule has 1 heterocycles. The second kappa shape index (κ2) is 5.31. The first-order chi connectivity index (χ1) is 8.07. The van der Waals surface area contributed by atoms with Crippen LogP contribution in [0.25, 0.3) is 0 Å². The van der Waals surface area contributed by atoms with Crippen molar-refractivity contribution in [3.8, 4) is 0 Å². The quantitative estimate of drug-likeness (QED) is 0.622. The highest BCUT2D eigenvalue weighted by molar-refractivity contribution is 6.46. The molecule has 0 aromatic rings. The Morgan fingerprint density at radius 1 is 1.22 bits per heavy atom. The summed E-state index contributed by atoms with van der Waals surface area (Å²) in [6, 6.07) is 0. The average Bonchev–Trinajstić information content (AvgIpc) is 2.33. The summed E-state index contributed by atoms with van der Waals surface area (Å²) in [6.07, 6.45) is 0.179. The fraction of sp³-hybridized carbons (Fsp3) is 0.846. The molecule has 3 nitrogen and oxygen atoms in total. The summed E-state index contributed by atoms with van der Waals surface area (Å²) in [6.45, 7) is 10.9. The fourth-order valence-electron chi connectivity index (χ4n) is 1.96. The number of allylic oxidation sites excluding steroid dienone is 1. The largest absolute Gasteiger partial charge is 0.461 e. The van der Waals surface area contributed by atoms with Crippen molar-refractivity contribution >= 4 is 7.12 Å². The Bertz CT molecular complexity index is 298. The zero-order chi connectivity index (χ0) is 14.1. The minimum Gasteiger partial charge on any atom is -0.403 e. The minimum absolute atomic E-state index is 0.377. The summed E-state index contributed by atoms with van der Waals surface area (Å²) in [7, 11) is -0.387. The number of rotatable bonds is 4. The molecule has 0 bridgehead atoms. The number of aliphatic hydroxyl groups is 1. The van der Waals surface area contributed by atoms with E-state index >= 15 is 0 Å². The molecule has 1 aliphatic heterocycles. The van der Waals surface area contributed by atoms with Crippen LogP contribution in [0.2, 0.25) is 6.32 Å². The number of hydrogen-bond acceptors (Lipinski definition) is 3. The molecule has 0 radical (unpaired) electrons. The molecule has 0 saturated carbocycles. The van der Waals surface area contributed by atoms with Crippen LogP contribution in [-0.2, 0) is 9.31 Å². The van der Waals surface area contributed by atoms with Gasteiger partial charge in [0.25, 0.3) is 0 Å². The Morgan fingerprint density at radius 3 is 2.00 bits per heavy atom. The first-order valence-corrected chi connectivity index (χ1v) is 6.44. The monoisotopic (exact) mass is 258 g/mol. The molecule has 0 aromatic heterocycles. The van der Waals surface area contributed by atoms with Crippen LogP contribution < -0.4 is 0 Å². The predicted molar refractivity (Wildman–Crippen MR) is 71.2 cm³/mol. The maximum Gasteiger partial charge on any atom is 0.461 e.